The zero-order valence-corrected chi connectivity index (χ0v) is 22.4. The largest absolute Gasteiger partial charge is 0.494 e. The van der Waals surface area contributed by atoms with Gasteiger partial charge in [0, 0.05) is 4.90 Å². The van der Waals surface area contributed by atoms with Gasteiger partial charge in [-0.1, -0.05) is 61.5 Å². The minimum absolute atomic E-state index is 0.205. The highest BCUT2D eigenvalue weighted by Crippen LogP contribution is 2.42. The number of ether oxygens (including phenoxy) is 1. The maximum atomic E-state index is 13.4. The van der Waals surface area contributed by atoms with Crippen molar-refractivity contribution in [1.82, 2.24) is 5.32 Å². The number of unbranched alkanes of at least 4 members (excludes halogenated alkanes) is 1. The highest BCUT2D eigenvalue weighted by Gasteiger charge is 2.32. The number of nitrogens with one attached hydrogen (secondary N) is 1. The van der Waals surface area contributed by atoms with Gasteiger partial charge in [-0.2, -0.15) is 13.2 Å². The van der Waals surface area contributed by atoms with Gasteiger partial charge in [-0.25, -0.2) is 0 Å². The predicted molar refractivity (Wildman–Crippen MR) is 147 cm³/mol. The van der Waals surface area contributed by atoms with Crippen molar-refractivity contribution in [3.8, 4) is 5.75 Å². The number of carbonyl (C=O) groups is 2. The Morgan fingerprint density at radius 2 is 1.74 bits per heavy atom. The summed E-state index contributed by atoms with van der Waals surface area (Å²) < 4.78 is 44.5. The summed E-state index contributed by atoms with van der Waals surface area (Å²) in [6, 6.07) is 19.1. The van der Waals surface area contributed by atoms with Gasteiger partial charge in [-0.3, -0.25) is 14.5 Å². The highest BCUT2D eigenvalue weighted by atomic mass is 32.2. The second kappa shape index (κ2) is 12.4. The summed E-state index contributed by atoms with van der Waals surface area (Å²) in [6.45, 7) is 4.41. The van der Waals surface area contributed by atoms with Crippen LogP contribution in [-0.2, 0) is 15.8 Å². The average molecular weight is 555 g/mol. The quantitative estimate of drug-likeness (QED) is 0.224. The molecule has 4 rings (SSSR count). The van der Waals surface area contributed by atoms with E-state index in [9.17, 15) is 22.8 Å². The number of amides is 2. The molecule has 1 aliphatic rings. The van der Waals surface area contributed by atoms with Crippen LogP contribution in [0.3, 0.4) is 0 Å². The summed E-state index contributed by atoms with van der Waals surface area (Å²) in [5, 5.41) is 2.95. The zero-order chi connectivity index (χ0) is 28.0. The van der Waals surface area contributed by atoms with Crippen molar-refractivity contribution in [2.75, 3.05) is 18.1 Å². The minimum Gasteiger partial charge on any atom is -0.494 e. The molecule has 204 valence electrons. The first kappa shape index (κ1) is 28.3. The Bertz CT molecular complexity index is 1340. The molecule has 39 heavy (non-hydrogen) atoms. The standard InChI is InChI=1S/C30H29F3N2O3S/c1-3-4-17-38-24-15-11-22(12-16-24)20(2)34-28(36)19-35-25-7-5-6-8-26(25)39-27(29(35)37)18-21-9-13-23(14-10-21)30(31,32)33/h5-16,18,20H,3-4,17,19H2,1-2H3,(H,34,36). The third-order valence-corrected chi connectivity index (χ3v) is 7.27. The number of halogens is 3. The average Bonchev–Trinajstić information content (AvgIpc) is 2.91. The summed E-state index contributed by atoms with van der Waals surface area (Å²) in [5.41, 5.74) is 1.20. The molecule has 0 aliphatic carbocycles. The predicted octanol–water partition coefficient (Wildman–Crippen LogP) is 7.24. The molecule has 5 nitrogen and oxygen atoms in total. The van der Waals surface area contributed by atoms with E-state index in [1.807, 2.05) is 43.3 Å². The first-order valence-electron chi connectivity index (χ1n) is 12.7. The third-order valence-electron chi connectivity index (χ3n) is 6.19. The van der Waals surface area contributed by atoms with Crippen LogP contribution in [0.5, 0.6) is 5.75 Å². The zero-order valence-electron chi connectivity index (χ0n) is 21.6. The van der Waals surface area contributed by atoms with Crippen LogP contribution >= 0.6 is 11.8 Å². The van der Waals surface area contributed by atoms with Crippen LogP contribution in [0.25, 0.3) is 6.08 Å². The first-order chi connectivity index (χ1) is 18.7. The van der Waals surface area contributed by atoms with E-state index in [0.29, 0.717) is 22.8 Å². The number of fused-ring (bicyclic) bond motifs is 1. The molecule has 0 saturated heterocycles. The fourth-order valence-corrected chi connectivity index (χ4v) is 5.10. The van der Waals surface area contributed by atoms with Crippen molar-refractivity contribution < 1.29 is 27.5 Å². The van der Waals surface area contributed by atoms with Crippen molar-refractivity contribution in [2.45, 2.75) is 43.8 Å². The molecule has 0 bridgehead atoms. The molecular formula is C30H29F3N2O3S. The molecule has 2 amide bonds. The molecule has 0 saturated carbocycles. The molecule has 0 fully saturated rings. The summed E-state index contributed by atoms with van der Waals surface area (Å²) in [5.74, 6) is 0.0378. The van der Waals surface area contributed by atoms with E-state index in [2.05, 4.69) is 12.2 Å². The lowest BCUT2D eigenvalue weighted by molar-refractivity contribution is -0.137. The lowest BCUT2D eigenvalue weighted by Gasteiger charge is -2.30. The maximum Gasteiger partial charge on any atom is 0.416 e. The van der Waals surface area contributed by atoms with Gasteiger partial charge in [-0.05, 0) is 66.9 Å². The summed E-state index contributed by atoms with van der Waals surface area (Å²) in [7, 11) is 0. The van der Waals surface area contributed by atoms with Gasteiger partial charge in [0.05, 0.1) is 28.8 Å². The number of carbonyl (C=O) groups excluding carboxylic acids is 2. The second-order valence-electron chi connectivity index (χ2n) is 9.15. The Hall–Kier alpha value is -3.72. The number of para-hydroxylation sites is 1. The fraction of sp³-hybridized carbons (Fsp3) is 0.267. The van der Waals surface area contributed by atoms with E-state index in [0.717, 1.165) is 41.2 Å². The minimum atomic E-state index is -4.44. The normalized spacial score (nSPS) is 15.2. The number of benzene rings is 3. The highest BCUT2D eigenvalue weighted by molar-refractivity contribution is 8.04. The maximum absolute atomic E-state index is 13.4. The molecule has 3 aromatic rings. The summed E-state index contributed by atoms with van der Waals surface area (Å²) in [4.78, 5) is 28.9. The summed E-state index contributed by atoms with van der Waals surface area (Å²) in [6.07, 6.45) is -0.866. The van der Waals surface area contributed by atoms with Crippen molar-refractivity contribution >= 4 is 35.3 Å². The molecule has 0 aromatic heterocycles. The van der Waals surface area contributed by atoms with Gasteiger partial charge in [0.25, 0.3) is 5.91 Å². The Kier molecular flexibility index (Phi) is 9.01. The molecule has 1 atom stereocenters. The van der Waals surface area contributed by atoms with E-state index in [4.69, 9.17) is 4.74 Å². The number of rotatable bonds is 9. The molecule has 1 aliphatic heterocycles. The van der Waals surface area contributed by atoms with Crippen LogP contribution in [0.15, 0.2) is 82.6 Å². The second-order valence-corrected chi connectivity index (χ2v) is 10.2. The fourth-order valence-electron chi connectivity index (χ4n) is 4.04. The number of thioether (sulfide) groups is 1. The van der Waals surface area contributed by atoms with Gasteiger partial charge in [0.1, 0.15) is 12.3 Å². The molecule has 1 heterocycles. The van der Waals surface area contributed by atoms with Crippen molar-refractivity contribution in [2.24, 2.45) is 0 Å². The molecule has 9 heteroatoms. The van der Waals surface area contributed by atoms with Gasteiger partial charge in [0.15, 0.2) is 0 Å². The molecule has 0 spiro atoms. The van der Waals surface area contributed by atoms with Crippen LogP contribution in [0.4, 0.5) is 18.9 Å². The van der Waals surface area contributed by atoms with Gasteiger partial charge >= 0.3 is 6.18 Å². The number of hydrogen-bond donors (Lipinski definition) is 1. The summed E-state index contributed by atoms with van der Waals surface area (Å²) >= 11 is 1.22. The molecule has 0 radical (unpaired) electrons. The van der Waals surface area contributed by atoms with Crippen LogP contribution in [0.1, 0.15) is 49.4 Å². The van der Waals surface area contributed by atoms with E-state index in [1.54, 1.807) is 18.2 Å². The van der Waals surface area contributed by atoms with Crippen molar-refractivity contribution in [3.63, 3.8) is 0 Å². The lowest BCUT2D eigenvalue weighted by atomic mass is 10.1. The number of anilines is 1. The van der Waals surface area contributed by atoms with E-state index in [-0.39, 0.29) is 18.5 Å². The molecule has 3 aromatic carbocycles. The smallest absolute Gasteiger partial charge is 0.416 e. The Morgan fingerprint density at radius 3 is 2.41 bits per heavy atom. The third kappa shape index (κ3) is 7.23. The van der Waals surface area contributed by atoms with Crippen LogP contribution < -0.4 is 15.0 Å². The number of alkyl halides is 3. The monoisotopic (exact) mass is 554 g/mol. The SMILES string of the molecule is CCCCOc1ccc(C(C)NC(=O)CN2C(=O)C(=Cc3ccc(C(F)(F)F)cc3)Sc3ccccc32)cc1. The van der Waals surface area contributed by atoms with Crippen LogP contribution in [0, 0.1) is 0 Å². The molecule has 1 unspecified atom stereocenters. The Balaban J connectivity index is 1.47. The Morgan fingerprint density at radius 1 is 1.05 bits per heavy atom. The van der Waals surface area contributed by atoms with Crippen molar-refractivity contribution in [3.05, 3.63) is 94.4 Å². The molecular weight excluding hydrogens is 525 g/mol. The van der Waals surface area contributed by atoms with Gasteiger partial charge in [0.2, 0.25) is 5.91 Å². The van der Waals surface area contributed by atoms with Crippen LogP contribution in [-0.4, -0.2) is 25.0 Å². The Labute approximate surface area is 230 Å². The van der Waals surface area contributed by atoms with E-state index in [1.165, 1.54) is 28.8 Å². The lowest BCUT2D eigenvalue weighted by Crippen LogP contribution is -2.43. The van der Waals surface area contributed by atoms with E-state index >= 15 is 0 Å². The molecule has 1 N–H and O–H groups in total. The first-order valence-corrected chi connectivity index (χ1v) is 13.5. The van der Waals surface area contributed by atoms with Gasteiger partial charge in [-0.15, -0.1) is 0 Å². The van der Waals surface area contributed by atoms with Crippen molar-refractivity contribution in [1.29, 1.82) is 0 Å². The van der Waals surface area contributed by atoms with E-state index < -0.39 is 17.6 Å². The van der Waals surface area contributed by atoms with Crippen LogP contribution in [0.2, 0.25) is 0 Å². The topological polar surface area (TPSA) is 58.6 Å². The number of hydrogen-bond acceptors (Lipinski definition) is 4. The number of nitrogens with zero attached hydrogens (tertiary/aromatic N) is 1. The van der Waals surface area contributed by atoms with Gasteiger partial charge < -0.3 is 10.1 Å².